The normalized spacial score (nSPS) is 10.6. The molecule has 0 fully saturated rings. The van der Waals surface area contributed by atoms with Gasteiger partial charge in [-0.15, -0.1) is 0 Å². The molecule has 1 N–H and O–H groups in total. The van der Waals surface area contributed by atoms with Crippen molar-refractivity contribution in [2.45, 2.75) is 6.92 Å². The van der Waals surface area contributed by atoms with Crippen LogP contribution in [0.4, 0.5) is 5.82 Å². The minimum atomic E-state index is 0.227. The highest BCUT2D eigenvalue weighted by Gasteiger charge is 2.07. The van der Waals surface area contributed by atoms with Gasteiger partial charge in [-0.25, -0.2) is 4.98 Å². The van der Waals surface area contributed by atoms with Crippen molar-refractivity contribution >= 4 is 28.5 Å². The molecule has 13 heavy (non-hydrogen) atoms. The van der Waals surface area contributed by atoms with E-state index in [1.54, 1.807) is 12.3 Å². The molecule has 0 radical (unpaired) electrons. The second-order valence-corrected chi connectivity index (χ2v) is 2.84. The molecule has 0 aromatic carbocycles. The number of anilines is 1. The van der Waals surface area contributed by atoms with Gasteiger partial charge in [-0.2, -0.15) is 4.98 Å². The SMILES string of the molecule is CCNc1nc(Cl)nc2ccoc12. The van der Waals surface area contributed by atoms with Crippen LogP contribution in [-0.4, -0.2) is 16.5 Å². The van der Waals surface area contributed by atoms with Gasteiger partial charge in [0.25, 0.3) is 0 Å². The highest BCUT2D eigenvalue weighted by Crippen LogP contribution is 2.22. The molecule has 0 unspecified atom stereocenters. The molecule has 0 spiro atoms. The Hall–Kier alpha value is -1.29. The molecular weight excluding hydrogens is 190 g/mol. The largest absolute Gasteiger partial charge is 0.459 e. The molecular formula is C8H8ClN3O. The second-order valence-electron chi connectivity index (χ2n) is 2.51. The molecule has 0 atom stereocenters. The van der Waals surface area contributed by atoms with Gasteiger partial charge in [-0.3, -0.25) is 0 Å². The van der Waals surface area contributed by atoms with Crippen LogP contribution in [0.3, 0.4) is 0 Å². The van der Waals surface area contributed by atoms with Crippen molar-refractivity contribution < 1.29 is 4.42 Å². The Bertz CT molecular complexity index is 426. The standard InChI is InChI=1S/C8H8ClN3O/c1-2-10-7-6-5(3-4-13-6)11-8(9)12-7/h3-4H,2H2,1H3,(H,10,11,12). The van der Waals surface area contributed by atoms with E-state index in [9.17, 15) is 0 Å². The van der Waals surface area contributed by atoms with Crippen molar-refractivity contribution in [2.24, 2.45) is 0 Å². The summed E-state index contributed by atoms with van der Waals surface area (Å²) < 4.78 is 5.21. The van der Waals surface area contributed by atoms with E-state index in [0.29, 0.717) is 11.4 Å². The molecule has 0 amide bonds. The number of hydrogen-bond acceptors (Lipinski definition) is 4. The molecule has 0 bridgehead atoms. The molecule has 0 aliphatic rings. The third-order valence-corrected chi connectivity index (χ3v) is 1.79. The number of fused-ring (bicyclic) bond motifs is 1. The van der Waals surface area contributed by atoms with E-state index in [4.69, 9.17) is 16.0 Å². The fourth-order valence-corrected chi connectivity index (χ4v) is 1.30. The summed E-state index contributed by atoms with van der Waals surface area (Å²) in [6.45, 7) is 2.74. The number of rotatable bonds is 2. The van der Waals surface area contributed by atoms with Crippen LogP contribution in [0.1, 0.15) is 6.92 Å². The zero-order valence-corrected chi connectivity index (χ0v) is 7.80. The predicted molar refractivity (Wildman–Crippen MR) is 51.0 cm³/mol. The van der Waals surface area contributed by atoms with Crippen molar-refractivity contribution in [3.05, 3.63) is 17.6 Å². The lowest BCUT2D eigenvalue weighted by Crippen LogP contribution is -2.00. The highest BCUT2D eigenvalue weighted by molar-refractivity contribution is 6.28. The highest BCUT2D eigenvalue weighted by atomic mass is 35.5. The maximum Gasteiger partial charge on any atom is 0.225 e. The predicted octanol–water partition coefficient (Wildman–Crippen LogP) is 2.31. The fourth-order valence-electron chi connectivity index (χ4n) is 1.12. The van der Waals surface area contributed by atoms with Crippen molar-refractivity contribution in [3.63, 3.8) is 0 Å². The molecule has 0 saturated heterocycles. The molecule has 2 aromatic rings. The maximum atomic E-state index is 5.71. The van der Waals surface area contributed by atoms with E-state index < -0.39 is 0 Å². The minimum Gasteiger partial charge on any atom is -0.459 e. The first-order valence-corrected chi connectivity index (χ1v) is 4.33. The molecule has 5 heteroatoms. The van der Waals surface area contributed by atoms with Crippen LogP contribution in [0.25, 0.3) is 11.1 Å². The first-order chi connectivity index (χ1) is 6.31. The van der Waals surface area contributed by atoms with Crippen molar-refractivity contribution in [2.75, 3.05) is 11.9 Å². The van der Waals surface area contributed by atoms with E-state index in [-0.39, 0.29) is 5.28 Å². The van der Waals surface area contributed by atoms with Gasteiger partial charge in [-0.1, -0.05) is 0 Å². The first kappa shape index (κ1) is 8.31. The second kappa shape index (κ2) is 3.22. The summed E-state index contributed by atoms with van der Waals surface area (Å²) in [4.78, 5) is 8.01. The summed E-state index contributed by atoms with van der Waals surface area (Å²) >= 11 is 5.71. The van der Waals surface area contributed by atoms with Crippen molar-refractivity contribution in [3.8, 4) is 0 Å². The zero-order chi connectivity index (χ0) is 9.26. The maximum absolute atomic E-state index is 5.71. The van der Waals surface area contributed by atoms with E-state index >= 15 is 0 Å². The molecule has 2 aromatic heterocycles. The number of nitrogens with zero attached hydrogens (tertiary/aromatic N) is 2. The molecule has 0 aliphatic carbocycles. The molecule has 4 nitrogen and oxygen atoms in total. The smallest absolute Gasteiger partial charge is 0.225 e. The van der Waals surface area contributed by atoms with E-state index in [1.807, 2.05) is 6.92 Å². The molecule has 0 saturated carbocycles. The number of aromatic nitrogens is 2. The summed E-state index contributed by atoms with van der Waals surface area (Å²) in [5.74, 6) is 0.641. The number of hydrogen-bond donors (Lipinski definition) is 1. The Balaban J connectivity index is 2.63. The van der Waals surface area contributed by atoms with Gasteiger partial charge in [-0.05, 0) is 18.5 Å². The molecule has 0 aliphatic heterocycles. The Labute approximate surface area is 79.9 Å². The summed E-state index contributed by atoms with van der Waals surface area (Å²) in [6.07, 6.45) is 1.57. The van der Waals surface area contributed by atoms with Crippen LogP contribution in [0.2, 0.25) is 5.28 Å². The van der Waals surface area contributed by atoms with Crippen molar-refractivity contribution in [1.29, 1.82) is 0 Å². The van der Waals surface area contributed by atoms with Crippen LogP contribution < -0.4 is 5.32 Å². The Morgan fingerprint density at radius 1 is 1.54 bits per heavy atom. The summed E-state index contributed by atoms with van der Waals surface area (Å²) in [5, 5.41) is 3.27. The van der Waals surface area contributed by atoms with Crippen LogP contribution in [-0.2, 0) is 0 Å². The average Bonchev–Trinajstić information content (AvgIpc) is 2.52. The Morgan fingerprint density at radius 2 is 2.38 bits per heavy atom. The van der Waals surface area contributed by atoms with Gasteiger partial charge in [0.15, 0.2) is 11.4 Å². The number of nitrogens with one attached hydrogen (secondary N) is 1. The van der Waals surface area contributed by atoms with Gasteiger partial charge in [0, 0.05) is 12.6 Å². The molecule has 2 heterocycles. The van der Waals surface area contributed by atoms with E-state index in [0.717, 1.165) is 12.1 Å². The topological polar surface area (TPSA) is 51.0 Å². The summed E-state index contributed by atoms with van der Waals surface area (Å²) in [7, 11) is 0. The van der Waals surface area contributed by atoms with Gasteiger partial charge in [0.2, 0.25) is 5.28 Å². The average molecular weight is 198 g/mol. The van der Waals surface area contributed by atoms with Crippen LogP contribution >= 0.6 is 11.6 Å². The van der Waals surface area contributed by atoms with Crippen molar-refractivity contribution in [1.82, 2.24) is 9.97 Å². The zero-order valence-electron chi connectivity index (χ0n) is 7.04. The Morgan fingerprint density at radius 3 is 3.15 bits per heavy atom. The summed E-state index contributed by atoms with van der Waals surface area (Å²) in [5.41, 5.74) is 1.36. The van der Waals surface area contributed by atoms with Gasteiger partial charge >= 0.3 is 0 Å². The van der Waals surface area contributed by atoms with Crippen LogP contribution in [0, 0.1) is 0 Å². The van der Waals surface area contributed by atoms with Gasteiger partial charge in [0.1, 0.15) is 5.52 Å². The third-order valence-electron chi connectivity index (χ3n) is 1.62. The first-order valence-electron chi connectivity index (χ1n) is 3.96. The lowest BCUT2D eigenvalue weighted by Gasteiger charge is -2.01. The van der Waals surface area contributed by atoms with Crippen LogP contribution in [0.15, 0.2) is 16.7 Å². The Kier molecular flexibility index (Phi) is 2.06. The van der Waals surface area contributed by atoms with Gasteiger partial charge in [0.05, 0.1) is 6.26 Å². The lowest BCUT2D eigenvalue weighted by atomic mass is 10.4. The van der Waals surface area contributed by atoms with Crippen LogP contribution in [0.5, 0.6) is 0 Å². The molecule has 68 valence electrons. The third kappa shape index (κ3) is 1.45. The van der Waals surface area contributed by atoms with Gasteiger partial charge < -0.3 is 9.73 Å². The monoisotopic (exact) mass is 197 g/mol. The quantitative estimate of drug-likeness (QED) is 0.751. The van der Waals surface area contributed by atoms with E-state index in [1.165, 1.54) is 0 Å². The fraction of sp³-hybridized carbons (Fsp3) is 0.250. The van der Waals surface area contributed by atoms with E-state index in [2.05, 4.69) is 15.3 Å². The lowest BCUT2D eigenvalue weighted by molar-refractivity contribution is 0.614. The minimum absolute atomic E-state index is 0.227. The number of halogens is 1. The molecule has 2 rings (SSSR count). The summed E-state index contributed by atoms with van der Waals surface area (Å²) in [6, 6.07) is 1.75. The number of furan rings is 1.